The second-order valence-corrected chi connectivity index (χ2v) is 8.06. The molecule has 0 N–H and O–H groups in total. The molecule has 2 aliphatic rings. The molecule has 2 aromatic carbocycles. The molecule has 0 spiro atoms. The van der Waals surface area contributed by atoms with Crippen LogP contribution in [0.3, 0.4) is 0 Å². The first kappa shape index (κ1) is 19.0. The van der Waals surface area contributed by atoms with Crippen molar-refractivity contribution in [3.63, 3.8) is 0 Å². The quantitative estimate of drug-likeness (QED) is 0.549. The molecule has 3 atom stereocenters. The van der Waals surface area contributed by atoms with Gasteiger partial charge in [-0.3, -0.25) is 0 Å². The second-order valence-electron chi connectivity index (χ2n) is 8.06. The van der Waals surface area contributed by atoms with Gasteiger partial charge in [-0.1, -0.05) is 31.3 Å². The van der Waals surface area contributed by atoms with Gasteiger partial charge in [-0.05, 0) is 97.4 Å². The average molecular weight is 380 g/mol. The minimum atomic E-state index is -2.80. The van der Waals surface area contributed by atoms with E-state index >= 15 is 0 Å². The molecule has 1 fully saturated rings. The van der Waals surface area contributed by atoms with Crippen molar-refractivity contribution in [2.75, 3.05) is 0 Å². The summed E-state index contributed by atoms with van der Waals surface area (Å²) in [4.78, 5) is 0. The SMILES string of the molecule is CCC1CCC2c3ccc(C#Cc4ccc(OC(F)F)cc4)cc3CCC2C1. The van der Waals surface area contributed by atoms with E-state index in [4.69, 9.17) is 0 Å². The maximum Gasteiger partial charge on any atom is 0.387 e. The van der Waals surface area contributed by atoms with Crippen LogP contribution >= 0.6 is 0 Å². The van der Waals surface area contributed by atoms with Crippen LogP contribution in [0.2, 0.25) is 0 Å². The van der Waals surface area contributed by atoms with Gasteiger partial charge in [0.05, 0.1) is 0 Å². The van der Waals surface area contributed by atoms with Crippen LogP contribution in [0.1, 0.15) is 67.2 Å². The summed E-state index contributed by atoms with van der Waals surface area (Å²) in [6.07, 6.45) is 7.87. The van der Waals surface area contributed by atoms with Crippen molar-refractivity contribution in [2.24, 2.45) is 11.8 Å². The van der Waals surface area contributed by atoms with E-state index in [1.807, 2.05) is 0 Å². The molecule has 3 unspecified atom stereocenters. The number of aryl methyl sites for hydroxylation is 1. The van der Waals surface area contributed by atoms with Gasteiger partial charge in [0, 0.05) is 11.1 Å². The highest BCUT2D eigenvalue weighted by molar-refractivity contribution is 5.48. The number of benzene rings is 2. The lowest BCUT2D eigenvalue weighted by molar-refractivity contribution is -0.0498. The molecule has 0 aromatic heterocycles. The summed E-state index contributed by atoms with van der Waals surface area (Å²) >= 11 is 0. The van der Waals surface area contributed by atoms with Crippen LogP contribution in [0.15, 0.2) is 42.5 Å². The Kier molecular flexibility index (Phi) is 5.67. The lowest BCUT2D eigenvalue weighted by Crippen LogP contribution is -2.27. The first-order valence-corrected chi connectivity index (χ1v) is 10.3. The van der Waals surface area contributed by atoms with Gasteiger partial charge in [0.15, 0.2) is 0 Å². The molecule has 2 aromatic rings. The largest absolute Gasteiger partial charge is 0.435 e. The van der Waals surface area contributed by atoms with Crippen LogP contribution in [0, 0.1) is 23.7 Å². The van der Waals surface area contributed by atoms with Crippen LogP contribution in [-0.2, 0) is 6.42 Å². The van der Waals surface area contributed by atoms with Gasteiger partial charge in [0.25, 0.3) is 0 Å². The topological polar surface area (TPSA) is 9.23 Å². The standard InChI is InChI=1S/C25H26F2O/c1-2-17-7-13-23-20(15-17)9-10-21-16-19(8-14-24(21)23)4-3-18-5-11-22(12-6-18)28-25(26)27/h5-6,8,11-12,14,16-17,20,23,25H,2,7,9-10,13,15H2,1H3. The summed E-state index contributed by atoms with van der Waals surface area (Å²) in [5.74, 6) is 9.01. The monoisotopic (exact) mass is 380 g/mol. The highest BCUT2D eigenvalue weighted by atomic mass is 19.3. The van der Waals surface area contributed by atoms with E-state index in [0.717, 1.165) is 35.3 Å². The molecule has 1 nitrogen and oxygen atoms in total. The summed E-state index contributed by atoms with van der Waals surface area (Å²) < 4.78 is 28.8. The third-order valence-corrected chi connectivity index (χ3v) is 6.43. The van der Waals surface area contributed by atoms with Gasteiger partial charge in [0.2, 0.25) is 0 Å². The zero-order valence-electron chi connectivity index (χ0n) is 16.3. The Balaban J connectivity index is 1.48. The van der Waals surface area contributed by atoms with E-state index in [1.165, 1.54) is 49.8 Å². The molecular weight excluding hydrogens is 354 g/mol. The van der Waals surface area contributed by atoms with Crippen molar-refractivity contribution in [3.8, 4) is 17.6 Å². The number of hydrogen-bond donors (Lipinski definition) is 0. The maximum absolute atomic E-state index is 12.2. The number of halogens is 2. The predicted octanol–water partition coefficient (Wildman–Crippen LogP) is 6.54. The summed E-state index contributed by atoms with van der Waals surface area (Å²) in [7, 11) is 0. The first-order valence-electron chi connectivity index (χ1n) is 10.3. The molecule has 3 heteroatoms. The normalized spacial score (nSPS) is 23.4. The Morgan fingerprint density at radius 3 is 2.50 bits per heavy atom. The fourth-order valence-electron chi connectivity index (χ4n) is 4.93. The molecule has 0 bridgehead atoms. The van der Waals surface area contributed by atoms with E-state index in [0.29, 0.717) is 0 Å². The maximum atomic E-state index is 12.2. The van der Waals surface area contributed by atoms with Gasteiger partial charge < -0.3 is 4.74 Å². The molecule has 146 valence electrons. The highest BCUT2D eigenvalue weighted by Gasteiger charge is 2.34. The zero-order valence-corrected chi connectivity index (χ0v) is 16.3. The molecule has 1 saturated carbocycles. The fraction of sp³-hybridized carbons (Fsp3) is 0.440. The molecule has 4 rings (SSSR count). The van der Waals surface area contributed by atoms with Gasteiger partial charge in [0.1, 0.15) is 5.75 Å². The molecule has 0 amide bonds. The van der Waals surface area contributed by atoms with Crippen molar-refractivity contribution < 1.29 is 13.5 Å². The van der Waals surface area contributed by atoms with E-state index in [1.54, 1.807) is 17.7 Å². The third kappa shape index (κ3) is 4.22. The Morgan fingerprint density at radius 2 is 1.75 bits per heavy atom. The van der Waals surface area contributed by atoms with E-state index in [-0.39, 0.29) is 5.75 Å². The molecule has 28 heavy (non-hydrogen) atoms. The van der Waals surface area contributed by atoms with Crippen LogP contribution in [0.4, 0.5) is 8.78 Å². The van der Waals surface area contributed by atoms with E-state index in [2.05, 4.69) is 41.7 Å². The number of rotatable bonds is 3. The van der Waals surface area contributed by atoms with Gasteiger partial charge in [-0.2, -0.15) is 8.78 Å². The van der Waals surface area contributed by atoms with Crippen molar-refractivity contribution >= 4 is 0 Å². The average Bonchev–Trinajstić information content (AvgIpc) is 2.72. The van der Waals surface area contributed by atoms with Crippen LogP contribution in [-0.4, -0.2) is 6.61 Å². The number of ether oxygens (including phenoxy) is 1. The number of alkyl halides is 2. The lowest BCUT2D eigenvalue weighted by atomic mass is 9.65. The van der Waals surface area contributed by atoms with Crippen molar-refractivity contribution in [3.05, 3.63) is 64.7 Å². The zero-order chi connectivity index (χ0) is 19.5. The predicted molar refractivity (Wildman–Crippen MR) is 108 cm³/mol. The number of fused-ring (bicyclic) bond motifs is 3. The van der Waals surface area contributed by atoms with Crippen molar-refractivity contribution in [1.29, 1.82) is 0 Å². The van der Waals surface area contributed by atoms with E-state index < -0.39 is 6.61 Å². The van der Waals surface area contributed by atoms with Crippen molar-refractivity contribution in [2.45, 2.75) is 58.0 Å². The Bertz CT molecular complexity index is 876. The molecule has 0 aliphatic heterocycles. The summed E-state index contributed by atoms with van der Waals surface area (Å²) in [6, 6.07) is 13.1. The Morgan fingerprint density at radius 1 is 1.00 bits per heavy atom. The van der Waals surface area contributed by atoms with Gasteiger partial charge in [-0.25, -0.2) is 0 Å². The minimum absolute atomic E-state index is 0.154. The molecule has 0 heterocycles. The molecular formula is C25H26F2O. The van der Waals surface area contributed by atoms with Gasteiger partial charge >= 0.3 is 6.61 Å². The Labute approximate surface area is 166 Å². The molecule has 0 radical (unpaired) electrons. The highest BCUT2D eigenvalue weighted by Crippen LogP contribution is 2.47. The van der Waals surface area contributed by atoms with E-state index in [9.17, 15) is 8.78 Å². The van der Waals surface area contributed by atoms with Crippen LogP contribution in [0.5, 0.6) is 5.75 Å². The second kappa shape index (κ2) is 8.35. The summed E-state index contributed by atoms with van der Waals surface area (Å²) in [6.45, 7) is -0.476. The van der Waals surface area contributed by atoms with Crippen LogP contribution < -0.4 is 4.74 Å². The minimum Gasteiger partial charge on any atom is -0.435 e. The van der Waals surface area contributed by atoms with Crippen molar-refractivity contribution in [1.82, 2.24) is 0 Å². The Hall–Kier alpha value is -2.34. The molecule has 2 aliphatic carbocycles. The number of hydrogen-bond acceptors (Lipinski definition) is 1. The van der Waals surface area contributed by atoms with Gasteiger partial charge in [-0.15, -0.1) is 0 Å². The smallest absolute Gasteiger partial charge is 0.387 e. The summed E-state index contributed by atoms with van der Waals surface area (Å²) in [5.41, 5.74) is 4.82. The third-order valence-electron chi connectivity index (χ3n) is 6.43. The summed E-state index contributed by atoms with van der Waals surface area (Å²) in [5, 5.41) is 0. The van der Waals surface area contributed by atoms with Crippen LogP contribution in [0.25, 0.3) is 0 Å². The molecule has 0 saturated heterocycles. The lowest BCUT2D eigenvalue weighted by Gasteiger charge is -2.40. The fourth-order valence-corrected chi connectivity index (χ4v) is 4.93. The first-order chi connectivity index (χ1) is 13.6.